The van der Waals surface area contributed by atoms with E-state index >= 15 is 0 Å². The van der Waals surface area contributed by atoms with E-state index in [-0.39, 0.29) is 11.2 Å². The monoisotopic (exact) mass is 266 g/mol. The van der Waals surface area contributed by atoms with Crippen molar-refractivity contribution < 1.29 is 4.39 Å². The van der Waals surface area contributed by atoms with Crippen LogP contribution in [0.15, 0.2) is 6.20 Å². The van der Waals surface area contributed by atoms with Crippen LogP contribution in [0.1, 0.15) is 40.0 Å². The fourth-order valence-corrected chi connectivity index (χ4v) is 2.51. The highest BCUT2D eigenvalue weighted by molar-refractivity contribution is 5.44. The Kier molecular flexibility index (Phi) is 4.22. The van der Waals surface area contributed by atoms with Gasteiger partial charge in [0, 0.05) is 19.6 Å². The van der Waals surface area contributed by atoms with Crippen LogP contribution in [0.2, 0.25) is 0 Å². The summed E-state index contributed by atoms with van der Waals surface area (Å²) in [5, 5.41) is 3.11. The van der Waals surface area contributed by atoms with Crippen LogP contribution in [0.3, 0.4) is 0 Å². The molecule has 1 aliphatic rings. The van der Waals surface area contributed by atoms with Crippen LogP contribution < -0.4 is 10.2 Å². The number of aromatic nitrogens is 2. The first-order valence-corrected chi connectivity index (χ1v) is 7.03. The summed E-state index contributed by atoms with van der Waals surface area (Å²) in [6.45, 7) is 9.02. The van der Waals surface area contributed by atoms with Gasteiger partial charge in [-0.25, -0.2) is 9.37 Å². The normalized spacial score (nSPS) is 18.4. The number of rotatable bonds is 4. The van der Waals surface area contributed by atoms with Gasteiger partial charge in [0.1, 0.15) is 0 Å². The summed E-state index contributed by atoms with van der Waals surface area (Å²) in [6, 6.07) is 0. The summed E-state index contributed by atoms with van der Waals surface area (Å²) < 4.78 is 13.9. The second kappa shape index (κ2) is 5.72. The van der Waals surface area contributed by atoms with Crippen molar-refractivity contribution in [2.24, 2.45) is 5.41 Å². The molecule has 0 aliphatic carbocycles. The van der Waals surface area contributed by atoms with Gasteiger partial charge in [-0.2, -0.15) is 4.98 Å². The van der Waals surface area contributed by atoms with Crippen LogP contribution in [0, 0.1) is 11.2 Å². The quantitative estimate of drug-likeness (QED) is 0.909. The fraction of sp³-hybridized carbons (Fsp3) is 0.714. The number of piperidine rings is 1. The van der Waals surface area contributed by atoms with Crippen molar-refractivity contribution in [3.8, 4) is 0 Å². The average molecular weight is 266 g/mol. The molecule has 0 bridgehead atoms. The molecule has 2 rings (SSSR count). The molecule has 5 heteroatoms. The molecule has 0 saturated carbocycles. The lowest BCUT2D eigenvalue weighted by molar-refractivity contribution is 0.290. The zero-order valence-electron chi connectivity index (χ0n) is 12.0. The Morgan fingerprint density at radius 1 is 1.47 bits per heavy atom. The summed E-state index contributed by atoms with van der Waals surface area (Å²) >= 11 is 0. The van der Waals surface area contributed by atoms with Gasteiger partial charge in [0.15, 0.2) is 11.6 Å². The topological polar surface area (TPSA) is 41.1 Å². The van der Waals surface area contributed by atoms with Gasteiger partial charge in [-0.05, 0) is 24.7 Å². The second-order valence-corrected chi connectivity index (χ2v) is 5.98. The minimum atomic E-state index is -0.334. The lowest BCUT2D eigenvalue weighted by atomic mass is 9.84. The first-order chi connectivity index (χ1) is 9.02. The van der Waals surface area contributed by atoms with Crippen LogP contribution in [-0.2, 0) is 0 Å². The molecule has 1 aromatic heterocycles. The fourth-order valence-electron chi connectivity index (χ4n) is 2.51. The zero-order valence-corrected chi connectivity index (χ0v) is 12.0. The largest absolute Gasteiger partial charge is 0.354 e. The Morgan fingerprint density at radius 2 is 2.26 bits per heavy atom. The molecule has 0 amide bonds. The maximum atomic E-state index is 13.9. The summed E-state index contributed by atoms with van der Waals surface area (Å²) in [4.78, 5) is 10.4. The molecule has 0 radical (unpaired) electrons. The van der Waals surface area contributed by atoms with Gasteiger partial charge in [0.2, 0.25) is 5.95 Å². The first-order valence-electron chi connectivity index (χ1n) is 7.03. The number of nitrogens with zero attached hydrogens (tertiary/aromatic N) is 3. The summed E-state index contributed by atoms with van der Waals surface area (Å²) in [7, 11) is 0. The molecule has 0 atom stereocenters. The third kappa shape index (κ3) is 3.55. The molecule has 1 aliphatic heterocycles. The number of anilines is 2. The van der Waals surface area contributed by atoms with Crippen molar-refractivity contribution in [2.75, 3.05) is 29.9 Å². The van der Waals surface area contributed by atoms with E-state index in [4.69, 9.17) is 0 Å². The number of halogens is 1. The lowest BCUT2D eigenvalue weighted by Crippen LogP contribution is -2.41. The van der Waals surface area contributed by atoms with Gasteiger partial charge in [0.05, 0.1) is 6.20 Å². The lowest BCUT2D eigenvalue weighted by Gasteiger charge is -2.38. The third-order valence-electron chi connectivity index (χ3n) is 3.46. The number of hydrogen-bond acceptors (Lipinski definition) is 4. The SMILES string of the molecule is CCCNc1ncc(F)c(N2CCCC(C)(C)C2)n1. The standard InChI is InChI=1S/C14H23FN4/c1-4-7-16-13-17-9-11(15)12(18-13)19-8-5-6-14(2,3)10-19/h9H,4-8,10H2,1-3H3,(H,16,17,18). The molecule has 1 fully saturated rings. The minimum absolute atomic E-state index is 0.215. The van der Waals surface area contributed by atoms with E-state index in [1.54, 1.807) is 0 Å². The molecule has 4 nitrogen and oxygen atoms in total. The highest BCUT2D eigenvalue weighted by atomic mass is 19.1. The highest BCUT2D eigenvalue weighted by Crippen LogP contribution is 2.31. The Labute approximate surface area is 114 Å². The number of nitrogens with one attached hydrogen (secondary N) is 1. The van der Waals surface area contributed by atoms with Crippen LogP contribution in [0.25, 0.3) is 0 Å². The van der Waals surface area contributed by atoms with Crippen molar-refractivity contribution >= 4 is 11.8 Å². The number of hydrogen-bond donors (Lipinski definition) is 1. The van der Waals surface area contributed by atoms with Gasteiger partial charge >= 0.3 is 0 Å². The average Bonchev–Trinajstić information content (AvgIpc) is 2.36. The van der Waals surface area contributed by atoms with E-state index in [1.165, 1.54) is 12.6 Å². The predicted molar refractivity (Wildman–Crippen MR) is 76.0 cm³/mol. The van der Waals surface area contributed by atoms with Gasteiger partial charge < -0.3 is 10.2 Å². The molecule has 106 valence electrons. The van der Waals surface area contributed by atoms with Gasteiger partial charge in [-0.15, -0.1) is 0 Å². The molecule has 1 N–H and O–H groups in total. The molecule has 0 unspecified atom stereocenters. The van der Waals surface area contributed by atoms with E-state index in [9.17, 15) is 4.39 Å². The predicted octanol–water partition coefficient (Wildman–Crippen LogP) is 3.06. The minimum Gasteiger partial charge on any atom is -0.354 e. The molecule has 2 heterocycles. The third-order valence-corrected chi connectivity index (χ3v) is 3.46. The van der Waals surface area contributed by atoms with E-state index in [0.29, 0.717) is 11.8 Å². The van der Waals surface area contributed by atoms with Gasteiger partial charge in [-0.3, -0.25) is 0 Å². The van der Waals surface area contributed by atoms with Crippen molar-refractivity contribution in [3.63, 3.8) is 0 Å². The molecule has 1 aromatic rings. The van der Waals surface area contributed by atoms with Crippen molar-refractivity contribution in [3.05, 3.63) is 12.0 Å². The smallest absolute Gasteiger partial charge is 0.224 e. The zero-order chi connectivity index (χ0) is 13.9. The first kappa shape index (κ1) is 14.0. The van der Waals surface area contributed by atoms with Crippen molar-refractivity contribution in [2.45, 2.75) is 40.0 Å². The summed E-state index contributed by atoms with van der Waals surface area (Å²) in [5.74, 6) is 0.614. The Hall–Kier alpha value is -1.39. The molecule has 0 spiro atoms. The van der Waals surface area contributed by atoms with Gasteiger partial charge in [-0.1, -0.05) is 20.8 Å². The van der Waals surface area contributed by atoms with Crippen LogP contribution in [-0.4, -0.2) is 29.6 Å². The van der Waals surface area contributed by atoms with E-state index in [1.807, 2.05) is 4.90 Å². The maximum Gasteiger partial charge on any atom is 0.224 e. The van der Waals surface area contributed by atoms with Crippen molar-refractivity contribution in [1.82, 2.24) is 9.97 Å². The van der Waals surface area contributed by atoms with Gasteiger partial charge in [0.25, 0.3) is 0 Å². The molecule has 0 aromatic carbocycles. The van der Waals surface area contributed by atoms with Crippen LogP contribution >= 0.6 is 0 Å². The summed E-state index contributed by atoms with van der Waals surface area (Å²) in [6.07, 6.45) is 4.51. The Balaban J connectivity index is 2.18. The maximum absolute atomic E-state index is 13.9. The Morgan fingerprint density at radius 3 is 2.95 bits per heavy atom. The van der Waals surface area contributed by atoms with Crippen LogP contribution in [0.4, 0.5) is 16.2 Å². The summed E-state index contributed by atoms with van der Waals surface area (Å²) in [5.41, 5.74) is 0.215. The van der Waals surface area contributed by atoms with Crippen LogP contribution in [0.5, 0.6) is 0 Å². The highest BCUT2D eigenvalue weighted by Gasteiger charge is 2.28. The molecule has 19 heavy (non-hydrogen) atoms. The molecular weight excluding hydrogens is 243 g/mol. The second-order valence-electron chi connectivity index (χ2n) is 5.98. The molecular formula is C14H23FN4. The van der Waals surface area contributed by atoms with E-state index in [2.05, 4.69) is 36.1 Å². The van der Waals surface area contributed by atoms with Crippen molar-refractivity contribution in [1.29, 1.82) is 0 Å². The van der Waals surface area contributed by atoms with E-state index in [0.717, 1.165) is 32.5 Å². The Bertz CT molecular complexity index is 433. The molecule has 1 saturated heterocycles. The van der Waals surface area contributed by atoms with E-state index < -0.39 is 0 Å².